The number of hydrogen-bond acceptors (Lipinski definition) is 4. The van der Waals surface area contributed by atoms with E-state index in [0.717, 1.165) is 26.2 Å². The second kappa shape index (κ2) is 5.85. The van der Waals surface area contributed by atoms with Crippen molar-refractivity contribution in [2.24, 2.45) is 0 Å². The van der Waals surface area contributed by atoms with Gasteiger partial charge in [-0.2, -0.15) is 0 Å². The molecule has 1 saturated heterocycles. The first kappa shape index (κ1) is 14.2. The van der Waals surface area contributed by atoms with E-state index in [-0.39, 0.29) is 15.7 Å². The van der Waals surface area contributed by atoms with Crippen LogP contribution in [0.25, 0.3) is 0 Å². The molecule has 5 nitrogen and oxygen atoms in total. The highest BCUT2D eigenvalue weighted by Gasteiger charge is 2.19. The van der Waals surface area contributed by atoms with Gasteiger partial charge in [0.15, 0.2) is 5.82 Å². The lowest BCUT2D eigenvalue weighted by molar-refractivity contribution is 0.0695. The van der Waals surface area contributed by atoms with Gasteiger partial charge in [0.2, 0.25) is 0 Å². The summed E-state index contributed by atoms with van der Waals surface area (Å²) in [5.74, 6) is -1.74. The Morgan fingerprint density at radius 3 is 2.58 bits per heavy atom. The van der Waals surface area contributed by atoms with Crippen LogP contribution in [0, 0.1) is 5.82 Å². The normalized spacial score (nSPS) is 17.4. The number of nitrogens with one attached hydrogen (secondary N) is 1. The van der Waals surface area contributed by atoms with Crippen LogP contribution in [0.1, 0.15) is 10.4 Å². The molecule has 0 radical (unpaired) electrons. The number of hydrazine groups is 1. The molecule has 1 aromatic carbocycles. The molecule has 2 N–H and O–H groups in total. The predicted molar refractivity (Wildman–Crippen MR) is 73.8 cm³/mol. The smallest absolute Gasteiger partial charge is 0.336 e. The van der Waals surface area contributed by atoms with E-state index in [1.54, 1.807) is 0 Å². The van der Waals surface area contributed by atoms with E-state index in [0.29, 0.717) is 0 Å². The monoisotopic (exact) mass is 331 g/mol. The third kappa shape index (κ3) is 3.23. The summed E-state index contributed by atoms with van der Waals surface area (Å²) in [5.41, 5.74) is 3.18. The quantitative estimate of drug-likeness (QED) is 0.885. The number of piperazine rings is 1. The van der Waals surface area contributed by atoms with E-state index < -0.39 is 11.8 Å². The zero-order valence-corrected chi connectivity index (χ0v) is 12.1. The van der Waals surface area contributed by atoms with Gasteiger partial charge >= 0.3 is 5.97 Å². The number of carboxylic acids is 1. The zero-order chi connectivity index (χ0) is 14.0. The molecule has 1 aromatic rings. The van der Waals surface area contributed by atoms with Gasteiger partial charge in [-0.05, 0) is 35.1 Å². The average Bonchev–Trinajstić information content (AvgIpc) is 2.37. The summed E-state index contributed by atoms with van der Waals surface area (Å²) in [6.45, 7) is 3.38. The highest BCUT2D eigenvalue weighted by molar-refractivity contribution is 9.10. The third-order valence-corrected chi connectivity index (χ3v) is 3.87. The summed E-state index contributed by atoms with van der Waals surface area (Å²) in [7, 11) is 2.04. The highest BCUT2D eigenvalue weighted by Crippen LogP contribution is 2.27. The number of aromatic carboxylic acids is 1. The Balaban J connectivity index is 2.13. The van der Waals surface area contributed by atoms with Crippen molar-refractivity contribution in [3.05, 3.63) is 28.0 Å². The number of likely N-dealkylation sites (N-methyl/N-ethyl adjacent to an activating group) is 1. The van der Waals surface area contributed by atoms with Gasteiger partial charge in [0.05, 0.1) is 15.7 Å². The Bertz CT molecular complexity index is 490. The fourth-order valence-electron chi connectivity index (χ4n) is 1.89. The first-order valence-corrected chi connectivity index (χ1v) is 6.70. The second-order valence-electron chi connectivity index (χ2n) is 4.50. The van der Waals surface area contributed by atoms with Crippen LogP contribution in [0.15, 0.2) is 16.6 Å². The Morgan fingerprint density at radius 2 is 2.00 bits per heavy atom. The van der Waals surface area contributed by atoms with Gasteiger partial charge in [0, 0.05) is 26.2 Å². The van der Waals surface area contributed by atoms with E-state index in [4.69, 9.17) is 5.11 Å². The molecule has 0 spiro atoms. The topological polar surface area (TPSA) is 55.8 Å². The van der Waals surface area contributed by atoms with Crippen molar-refractivity contribution >= 4 is 27.6 Å². The minimum atomic E-state index is -1.16. The van der Waals surface area contributed by atoms with Crippen molar-refractivity contribution < 1.29 is 14.3 Å². The van der Waals surface area contributed by atoms with Crippen LogP contribution in [0.2, 0.25) is 0 Å². The maximum absolute atomic E-state index is 14.0. The van der Waals surface area contributed by atoms with E-state index >= 15 is 0 Å². The van der Waals surface area contributed by atoms with Crippen molar-refractivity contribution in [3.63, 3.8) is 0 Å². The lowest BCUT2D eigenvalue weighted by Crippen LogP contribution is -2.47. The number of benzene rings is 1. The number of hydrogen-bond donors (Lipinski definition) is 2. The van der Waals surface area contributed by atoms with Crippen LogP contribution in [-0.2, 0) is 0 Å². The van der Waals surface area contributed by atoms with E-state index in [1.165, 1.54) is 12.1 Å². The zero-order valence-electron chi connectivity index (χ0n) is 10.5. The van der Waals surface area contributed by atoms with Crippen LogP contribution in [0.4, 0.5) is 10.1 Å². The fraction of sp³-hybridized carbons (Fsp3) is 0.417. The molecule has 0 aromatic heterocycles. The first-order chi connectivity index (χ1) is 8.99. The number of carboxylic acid groups (broad SMARTS) is 1. The van der Waals surface area contributed by atoms with Gasteiger partial charge in [-0.1, -0.05) is 0 Å². The summed E-state index contributed by atoms with van der Waals surface area (Å²) >= 11 is 2.98. The minimum absolute atomic E-state index is 0.0286. The van der Waals surface area contributed by atoms with Crippen molar-refractivity contribution in [1.82, 2.24) is 9.91 Å². The molecule has 19 heavy (non-hydrogen) atoms. The largest absolute Gasteiger partial charge is 0.478 e. The molecule has 1 heterocycles. The molecule has 104 valence electrons. The van der Waals surface area contributed by atoms with Crippen molar-refractivity contribution in [2.45, 2.75) is 0 Å². The summed E-state index contributed by atoms with van der Waals surface area (Å²) in [5, 5.41) is 10.8. The molecule has 1 fully saturated rings. The molecular weight excluding hydrogens is 317 g/mol. The summed E-state index contributed by atoms with van der Waals surface area (Å²) < 4.78 is 14.0. The van der Waals surface area contributed by atoms with Crippen LogP contribution in [0.5, 0.6) is 0 Å². The Morgan fingerprint density at radius 1 is 1.37 bits per heavy atom. The number of carbonyl (C=O) groups is 1. The molecule has 7 heteroatoms. The molecule has 0 atom stereocenters. The van der Waals surface area contributed by atoms with Gasteiger partial charge < -0.3 is 15.4 Å². The SMILES string of the molecule is CN1CCN(Nc2ccc(C(=O)O)c(Br)c2F)CC1. The minimum Gasteiger partial charge on any atom is -0.478 e. The van der Waals surface area contributed by atoms with Gasteiger partial charge in [-0.3, -0.25) is 0 Å². The maximum Gasteiger partial charge on any atom is 0.336 e. The predicted octanol–water partition coefficient (Wildman–Crippen LogP) is 1.86. The van der Waals surface area contributed by atoms with Gasteiger partial charge in [0.1, 0.15) is 0 Å². The Labute approximate surface area is 119 Å². The Hall–Kier alpha value is -1.18. The highest BCUT2D eigenvalue weighted by atomic mass is 79.9. The van der Waals surface area contributed by atoms with Crippen LogP contribution in [-0.4, -0.2) is 54.2 Å². The van der Waals surface area contributed by atoms with Gasteiger partial charge in [-0.15, -0.1) is 0 Å². The third-order valence-electron chi connectivity index (χ3n) is 3.09. The van der Waals surface area contributed by atoms with Gasteiger partial charge in [0.25, 0.3) is 0 Å². The lowest BCUT2D eigenvalue weighted by atomic mass is 10.2. The number of rotatable bonds is 3. The average molecular weight is 332 g/mol. The summed E-state index contributed by atoms with van der Waals surface area (Å²) in [4.78, 5) is 13.1. The first-order valence-electron chi connectivity index (χ1n) is 5.90. The molecule has 0 aliphatic carbocycles. The lowest BCUT2D eigenvalue weighted by Gasteiger charge is -2.33. The molecule has 0 bridgehead atoms. The molecule has 0 unspecified atom stereocenters. The molecule has 1 aliphatic rings. The van der Waals surface area contributed by atoms with E-state index in [2.05, 4.69) is 26.3 Å². The maximum atomic E-state index is 14.0. The van der Waals surface area contributed by atoms with Gasteiger partial charge in [-0.25, -0.2) is 14.2 Å². The van der Waals surface area contributed by atoms with Crippen LogP contribution >= 0.6 is 15.9 Å². The summed E-state index contributed by atoms with van der Waals surface area (Å²) in [6, 6.07) is 2.83. The van der Waals surface area contributed by atoms with Crippen LogP contribution < -0.4 is 5.43 Å². The van der Waals surface area contributed by atoms with Crippen molar-refractivity contribution in [2.75, 3.05) is 38.7 Å². The molecular formula is C12H15BrFN3O2. The molecule has 1 aliphatic heterocycles. The fourth-order valence-corrected chi connectivity index (χ4v) is 2.40. The van der Waals surface area contributed by atoms with Crippen molar-refractivity contribution in [3.8, 4) is 0 Å². The van der Waals surface area contributed by atoms with Crippen molar-refractivity contribution in [1.29, 1.82) is 0 Å². The molecule has 2 rings (SSSR count). The Kier molecular flexibility index (Phi) is 4.38. The number of nitrogens with zero attached hydrogens (tertiary/aromatic N) is 2. The number of anilines is 1. The van der Waals surface area contributed by atoms with E-state index in [9.17, 15) is 9.18 Å². The van der Waals surface area contributed by atoms with Crippen LogP contribution in [0.3, 0.4) is 0 Å². The molecule has 0 saturated carbocycles. The standard InChI is InChI=1S/C12H15BrFN3O2/c1-16-4-6-17(7-5-16)15-9-3-2-8(12(18)19)10(13)11(9)14/h2-3,15H,4-7H2,1H3,(H,18,19). The van der Waals surface area contributed by atoms with E-state index in [1.807, 2.05) is 12.1 Å². The number of halogens is 2. The second-order valence-corrected chi connectivity index (χ2v) is 5.29. The molecule has 0 amide bonds. The summed E-state index contributed by atoms with van der Waals surface area (Å²) in [6.07, 6.45) is 0.